The van der Waals surface area contributed by atoms with Gasteiger partial charge in [-0.1, -0.05) is 105 Å². The molecule has 0 bridgehead atoms. The third kappa shape index (κ3) is 17.3. The Kier molecular flexibility index (Phi) is 21.9. The van der Waals surface area contributed by atoms with Crippen LogP contribution in [0, 0.1) is 5.92 Å². The standard InChI is InChI=1S/C14H31N.C11H20O2/c1-5-9-10-11-12-13(6-2)14(15,7-3)8-4;1-2-3-4-5-6-7-8-9-10-11(12)13/h13H,5-12,15H2,1-4H3;9-10H,2-8H2,1H3,(H,12,13). The maximum atomic E-state index is 10.1. The van der Waals surface area contributed by atoms with E-state index in [4.69, 9.17) is 10.8 Å². The molecule has 1 unspecified atom stereocenters. The molecule has 3 nitrogen and oxygen atoms in total. The van der Waals surface area contributed by atoms with Gasteiger partial charge in [-0.15, -0.1) is 0 Å². The molecule has 0 aliphatic carbocycles. The summed E-state index contributed by atoms with van der Waals surface area (Å²) in [7, 11) is 0. The van der Waals surface area contributed by atoms with E-state index in [-0.39, 0.29) is 5.54 Å². The molecular weight excluding hydrogens is 346 g/mol. The van der Waals surface area contributed by atoms with Crippen LogP contribution in [-0.2, 0) is 4.79 Å². The topological polar surface area (TPSA) is 63.3 Å². The van der Waals surface area contributed by atoms with Crippen LogP contribution in [0.15, 0.2) is 12.2 Å². The highest BCUT2D eigenvalue weighted by Gasteiger charge is 2.29. The van der Waals surface area contributed by atoms with Crippen molar-refractivity contribution in [3.05, 3.63) is 12.2 Å². The fraction of sp³-hybridized carbons (Fsp3) is 0.880. The van der Waals surface area contributed by atoms with Crippen LogP contribution in [0.25, 0.3) is 0 Å². The van der Waals surface area contributed by atoms with Gasteiger partial charge >= 0.3 is 5.97 Å². The average molecular weight is 398 g/mol. The van der Waals surface area contributed by atoms with Gasteiger partial charge in [0.25, 0.3) is 0 Å². The number of carboxylic acids is 1. The van der Waals surface area contributed by atoms with E-state index in [9.17, 15) is 4.79 Å². The number of allylic oxidation sites excluding steroid dienone is 1. The summed E-state index contributed by atoms with van der Waals surface area (Å²) >= 11 is 0. The van der Waals surface area contributed by atoms with E-state index in [1.165, 1.54) is 76.7 Å². The summed E-state index contributed by atoms with van der Waals surface area (Å²) in [6.45, 7) is 11.2. The van der Waals surface area contributed by atoms with Crippen molar-refractivity contribution in [1.82, 2.24) is 0 Å². The molecule has 0 fully saturated rings. The molecule has 0 aromatic heterocycles. The predicted molar refractivity (Wildman–Crippen MR) is 125 cm³/mol. The highest BCUT2D eigenvalue weighted by Crippen LogP contribution is 2.29. The molecule has 0 amide bonds. The molecule has 1 atom stereocenters. The molecular formula is C25H51NO2. The number of carbonyl (C=O) groups is 1. The van der Waals surface area contributed by atoms with Gasteiger partial charge < -0.3 is 10.8 Å². The Hall–Kier alpha value is -0.830. The smallest absolute Gasteiger partial charge is 0.327 e. The molecule has 3 N–H and O–H groups in total. The second-order valence-corrected chi connectivity index (χ2v) is 8.19. The van der Waals surface area contributed by atoms with Crippen molar-refractivity contribution >= 4 is 5.97 Å². The average Bonchev–Trinajstić information content (AvgIpc) is 2.70. The molecule has 28 heavy (non-hydrogen) atoms. The first-order chi connectivity index (χ1) is 13.4. The van der Waals surface area contributed by atoms with Gasteiger partial charge in [-0.2, -0.15) is 0 Å². The lowest BCUT2D eigenvalue weighted by Crippen LogP contribution is -2.45. The number of nitrogens with two attached hydrogens (primary N) is 1. The number of unbranched alkanes of at least 4 members (excludes halogenated alkanes) is 9. The van der Waals surface area contributed by atoms with Gasteiger partial charge in [-0.3, -0.25) is 0 Å². The summed E-state index contributed by atoms with van der Waals surface area (Å²) in [5.41, 5.74) is 6.56. The van der Waals surface area contributed by atoms with Crippen molar-refractivity contribution in [2.75, 3.05) is 0 Å². The van der Waals surface area contributed by atoms with Crippen molar-refractivity contribution in [2.24, 2.45) is 11.7 Å². The molecule has 0 radical (unpaired) electrons. The third-order valence-electron chi connectivity index (χ3n) is 6.01. The minimum absolute atomic E-state index is 0.0982. The van der Waals surface area contributed by atoms with Crippen molar-refractivity contribution in [3.63, 3.8) is 0 Å². The lowest BCUT2D eigenvalue weighted by atomic mass is 9.76. The Morgan fingerprint density at radius 3 is 1.82 bits per heavy atom. The summed E-state index contributed by atoms with van der Waals surface area (Å²) < 4.78 is 0. The second-order valence-electron chi connectivity index (χ2n) is 8.19. The number of carboxylic acid groups (broad SMARTS) is 1. The Bertz CT molecular complexity index is 362. The Morgan fingerprint density at radius 2 is 1.36 bits per heavy atom. The number of hydrogen-bond donors (Lipinski definition) is 2. The van der Waals surface area contributed by atoms with E-state index < -0.39 is 5.97 Å². The fourth-order valence-corrected chi connectivity index (χ4v) is 3.77. The zero-order chi connectivity index (χ0) is 21.7. The van der Waals surface area contributed by atoms with Gasteiger partial charge in [0, 0.05) is 11.6 Å². The van der Waals surface area contributed by atoms with Crippen molar-refractivity contribution in [3.8, 4) is 0 Å². The summed E-state index contributed by atoms with van der Waals surface area (Å²) in [6, 6.07) is 0. The SMILES string of the molecule is CCCCCCC(CC)C(N)(CC)CC.CCCCCCCCC=CC(=O)O. The molecule has 3 heteroatoms. The van der Waals surface area contributed by atoms with Crippen LogP contribution in [0.2, 0.25) is 0 Å². The van der Waals surface area contributed by atoms with Crippen LogP contribution in [-0.4, -0.2) is 16.6 Å². The van der Waals surface area contributed by atoms with Crippen molar-refractivity contribution < 1.29 is 9.90 Å². The molecule has 168 valence electrons. The van der Waals surface area contributed by atoms with Crippen LogP contribution in [0.4, 0.5) is 0 Å². The predicted octanol–water partition coefficient (Wildman–Crippen LogP) is 7.88. The summed E-state index contributed by atoms with van der Waals surface area (Å²) in [5.74, 6) is -0.115. The largest absolute Gasteiger partial charge is 0.478 e. The second kappa shape index (κ2) is 20.9. The van der Waals surface area contributed by atoms with E-state index in [0.717, 1.165) is 31.6 Å². The lowest BCUT2D eigenvalue weighted by Gasteiger charge is -2.36. The minimum Gasteiger partial charge on any atom is -0.478 e. The molecule has 0 rings (SSSR count). The van der Waals surface area contributed by atoms with E-state index >= 15 is 0 Å². The molecule has 0 spiro atoms. The summed E-state index contributed by atoms with van der Waals surface area (Å²) in [6.07, 6.45) is 21.7. The number of rotatable bonds is 17. The van der Waals surface area contributed by atoms with Gasteiger partial charge in [0.2, 0.25) is 0 Å². The van der Waals surface area contributed by atoms with E-state index in [0.29, 0.717) is 0 Å². The van der Waals surface area contributed by atoms with Crippen LogP contribution in [0.1, 0.15) is 131 Å². The van der Waals surface area contributed by atoms with Gasteiger partial charge in [-0.05, 0) is 38.0 Å². The molecule has 0 aromatic rings. The molecule has 0 aliphatic rings. The molecule has 0 heterocycles. The first-order valence-electron chi connectivity index (χ1n) is 12.1. The highest BCUT2D eigenvalue weighted by atomic mass is 16.4. The van der Waals surface area contributed by atoms with Gasteiger partial charge in [0.1, 0.15) is 0 Å². The van der Waals surface area contributed by atoms with E-state index in [2.05, 4.69) is 34.6 Å². The molecule has 0 saturated heterocycles. The maximum Gasteiger partial charge on any atom is 0.327 e. The summed E-state index contributed by atoms with van der Waals surface area (Å²) in [5, 5.41) is 8.30. The zero-order valence-electron chi connectivity index (χ0n) is 19.8. The summed E-state index contributed by atoms with van der Waals surface area (Å²) in [4.78, 5) is 10.1. The molecule has 0 aromatic carbocycles. The zero-order valence-corrected chi connectivity index (χ0v) is 19.8. The van der Waals surface area contributed by atoms with Gasteiger partial charge in [0.05, 0.1) is 0 Å². The Labute approximate surface area is 176 Å². The molecule has 0 aliphatic heterocycles. The van der Waals surface area contributed by atoms with Crippen molar-refractivity contribution in [2.45, 2.75) is 136 Å². The first-order valence-corrected chi connectivity index (χ1v) is 12.1. The van der Waals surface area contributed by atoms with Gasteiger partial charge in [-0.25, -0.2) is 4.79 Å². The van der Waals surface area contributed by atoms with Crippen LogP contribution in [0.3, 0.4) is 0 Å². The lowest BCUT2D eigenvalue weighted by molar-refractivity contribution is -0.131. The number of hydrogen-bond acceptors (Lipinski definition) is 2. The minimum atomic E-state index is -0.842. The van der Waals surface area contributed by atoms with Crippen LogP contribution >= 0.6 is 0 Å². The highest BCUT2D eigenvalue weighted by molar-refractivity contribution is 5.79. The van der Waals surface area contributed by atoms with Gasteiger partial charge in [0.15, 0.2) is 0 Å². The van der Waals surface area contributed by atoms with Crippen LogP contribution < -0.4 is 5.73 Å². The van der Waals surface area contributed by atoms with E-state index in [1.54, 1.807) is 6.08 Å². The monoisotopic (exact) mass is 397 g/mol. The normalized spacial score (nSPS) is 12.6. The first kappa shape index (κ1) is 29.4. The molecule has 0 saturated carbocycles. The van der Waals surface area contributed by atoms with E-state index in [1.807, 2.05) is 0 Å². The quantitative estimate of drug-likeness (QED) is 0.194. The van der Waals surface area contributed by atoms with Crippen LogP contribution in [0.5, 0.6) is 0 Å². The Balaban J connectivity index is 0. The maximum absolute atomic E-state index is 10.1. The van der Waals surface area contributed by atoms with Crippen molar-refractivity contribution in [1.29, 1.82) is 0 Å². The fourth-order valence-electron chi connectivity index (χ4n) is 3.77. The third-order valence-corrected chi connectivity index (χ3v) is 6.01. The Morgan fingerprint density at radius 1 is 0.857 bits per heavy atom. The number of aliphatic carboxylic acids is 1.